The Bertz CT molecular complexity index is 2850. The summed E-state index contributed by atoms with van der Waals surface area (Å²) in [5, 5.41) is 12.7. The van der Waals surface area contributed by atoms with Crippen molar-refractivity contribution in [1.82, 2.24) is 0 Å². The minimum Gasteiger partial charge on any atom is -0.309 e. The van der Waals surface area contributed by atoms with Gasteiger partial charge >= 0.3 is 0 Å². The van der Waals surface area contributed by atoms with Gasteiger partial charge in [0.25, 0.3) is 0 Å². The SMILES string of the molecule is c1ccc(-c2ccccc2N(c2cccc3cc4c(cc23)sc2ccccc24)c2cccc3c2ccc2c4ccccc4ccc32)cc1. The molecule has 224 valence electrons. The molecule has 0 saturated carbocycles. The highest BCUT2D eigenvalue weighted by atomic mass is 32.1. The maximum Gasteiger partial charge on any atom is 0.0541 e. The van der Waals surface area contributed by atoms with Crippen LogP contribution >= 0.6 is 11.3 Å². The first-order valence-electron chi connectivity index (χ1n) is 16.4. The molecular weight excluding hydrogens is 599 g/mol. The number of para-hydroxylation sites is 1. The fourth-order valence-corrected chi connectivity index (χ4v) is 8.76. The van der Waals surface area contributed by atoms with Crippen LogP contribution in [-0.4, -0.2) is 0 Å². The van der Waals surface area contributed by atoms with Crippen LogP contribution in [0.4, 0.5) is 17.1 Å². The van der Waals surface area contributed by atoms with E-state index in [1.807, 2.05) is 11.3 Å². The quantitative estimate of drug-likeness (QED) is 0.176. The van der Waals surface area contributed by atoms with Crippen molar-refractivity contribution in [3.8, 4) is 11.1 Å². The van der Waals surface area contributed by atoms with Gasteiger partial charge in [0.15, 0.2) is 0 Å². The zero-order valence-corrected chi connectivity index (χ0v) is 26.9. The first kappa shape index (κ1) is 27.2. The van der Waals surface area contributed by atoms with Crippen molar-refractivity contribution in [1.29, 1.82) is 0 Å². The molecule has 0 aliphatic heterocycles. The van der Waals surface area contributed by atoms with E-state index in [1.165, 1.54) is 80.1 Å². The van der Waals surface area contributed by atoms with Gasteiger partial charge in [-0.2, -0.15) is 0 Å². The Balaban J connectivity index is 1.30. The fraction of sp³-hybridized carbons (Fsp3) is 0. The van der Waals surface area contributed by atoms with Crippen LogP contribution in [0, 0.1) is 0 Å². The molecular formula is C46H29NS. The van der Waals surface area contributed by atoms with E-state index in [2.05, 4.69) is 181 Å². The Morgan fingerprint density at radius 3 is 1.83 bits per heavy atom. The number of anilines is 3. The van der Waals surface area contributed by atoms with Crippen molar-refractivity contribution in [3.63, 3.8) is 0 Å². The van der Waals surface area contributed by atoms with Gasteiger partial charge in [0.1, 0.15) is 0 Å². The smallest absolute Gasteiger partial charge is 0.0541 e. The highest BCUT2D eigenvalue weighted by molar-refractivity contribution is 7.25. The summed E-state index contributed by atoms with van der Waals surface area (Å²) < 4.78 is 2.63. The molecule has 0 amide bonds. The highest BCUT2D eigenvalue weighted by Crippen LogP contribution is 2.48. The van der Waals surface area contributed by atoms with Gasteiger partial charge in [-0.25, -0.2) is 0 Å². The number of thiophene rings is 1. The van der Waals surface area contributed by atoms with Crippen LogP contribution in [-0.2, 0) is 0 Å². The normalized spacial score (nSPS) is 11.8. The van der Waals surface area contributed by atoms with E-state index in [0.717, 1.165) is 11.4 Å². The van der Waals surface area contributed by atoms with Crippen molar-refractivity contribution in [3.05, 3.63) is 176 Å². The maximum atomic E-state index is 2.50. The molecule has 0 radical (unpaired) electrons. The van der Waals surface area contributed by atoms with Gasteiger partial charge in [-0.3, -0.25) is 0 Å². The number of rotatable bonds is 4. The van der Waals surface area contributed by atoms with Gasteiger partial charge in [0.2, 0.25) is 0 Å². The summed E-state index contributed by atoms with van der Waals surface area (Å²) in [5.41, 5.74) is 5.87. The summed E-state index contributed by atoms with van der Waals surface area (Å²) in [4.78, 5) is 2.50. The number of benzene rings is 9. The van der Waals surface area contributed by atoms with Crippen LogP contribution in [0.5, 0.6) is 0 Å². The largest absolute Gasteiger partial charge is 0.309 e. The monoisotopic (exact) mass is 627 g/mol. The third kappa shape index (κ3) is 4.17. The molecule has 0 fully saturated rings. The zero-order valence-electron chi connectivity index (χ0n) is 26.1. The second kappa shape index (κ2) is 10.8. The second-order valence-electron chi connectivity index (χ2n) is 12.5. The van der Waals surface area contributed by atoms with Crippen LogP contribution in [0.3, 0.4) is 0 Å². The summed E-state index contributed by atoms with van der Waals surface area (Å²) >= 11 is 1.87. The molecule has 0 aliphatic carbocycles. The zero-order chi connectivity index (χ0) is 31.6. The van der Waals surface area contributed by atoms with Gasteiger partial charge in [-0.05, 0) is 74.3 Å². The molecule has 0 saturated heterocycles. The van der Waals surface area contributed by atoms with Gasteiger partial charge in [0, 0.05) is 36.5 Å². The lowest BCUT2D eigenvalue weighted by Gasteiger charge is -2.30. The molecule has 1 aromatic heterocycles. The van der Waals surface area contributed by atoms with E-state index >= 15 is 0 Å². The maximum absolute atomic E-state index is 2.50. The summed E-state index contributed by atoms with van der Waals surface area (Å²) in [5.74, 6) is 0. The van der Waals surface area contributed by atoms with Gasteiger partial charge in [-0.1, -0.05) is 140 Å². The lowest BCUT2D eigenvalue weighted by molar-refractivity contribution is 1.31. The Kier molecular flexibility index (Phi) is 6.12. The van der Waals surface area contributed by atoms with Crippen molar-refractivity contribution in [2.45, 2.75) is 0 Å². The number of hydrogen-bond acceptors (Lipinski definition) is 2. The predicted octanol–water partition coefficient (Wildman–Crippen LogP) is 13.8. The van der Waals surface area contributed by atoms with Crippen molar-refractivity contribution < 1.29 is 0 Å². The van der Waals surface area contributed by atoms with Crippen LogP contribution in [0.15, 0.2) is 176 Å². The number of nitrogens with zero attached hydrogens (tertiary/aromatic N) is 1. The number of fused-ring (bicyclic) bond motifs is 9. The highest BCUT2D eigenvalue weighted by Gasteiger charge is 2.22. The van der Waals surface area contributed by atoms with E-state index in [1.54, 1.807) is 0 Å². The lowest BCUT2D eigenvalue weighted by Crippen LogP contribution is -2.12. The Labute approximate surface area is 282 Å². The van der Waals surface area contributed by atoms with Crippen molar-refractivity contribution in [2.24, 2.45) is 0 Å². The Morgan fingerprint density at radius 2 is 0.917 bits per heavy atom. The minimum atomic E-state index is 1.15. The van der Waals surface area contributed by atoms with Crippen LogP contribution < -0.4 is 4.90 Å². The lowest BCUT2D eigenvalue weighted by atomic mass is 9.95. The van der Waals surface area contributed by atoms with Gasteiger partial charge in [-0.15, -0.1) is 11.3 Å². The molecule has 10 rings (SSSR count). The number of hydrogen-bond donors (Lipinski definition) is 0. The average molecular weight is 628 g/mol. The predicted molar refractivity (Wildman–Crippen MR) is 209 cm³/mol. The Hall–Kier alpha value is -5.96. The standard InChI is InChI=1S/C46H29NS/c1-2-12-30(13-3-1)34-17-6-8-20-42(34)47(44-21-10-15-32-28-41-39-18-7-9-23-45(39)48-46(41)29-40(32)44)43-22-11-19-35-37-25-24-31-14-4-5-16-33(31)36(37)26-27-38(35)43/h1-29H. The molecule has 0 aliphatic rings. The third-order valence-corrected chi connectivity index (χ3v) is 11.0. The van der Waals surface area contributed by atoms with E-state index in [0.29, 0.717) is 0 Å². The molecule has 0 atom stereocenters. The topological polar surface area (TPSA) is 3.24 Å². The molecule has 2 heteroatoms. The Morgan fingerprint density at radius 1 is 0.312 bits per heavy atom. The first-order valence-corrected chi connectivity index (χ1v) is 17.3. The van der Waals surface area contributed by atoms with E-state index in [9.17, 15) is 0 Å². The van der Waals surface area contributed by atoms with Crippen LogP contribution in [0.25, 0.3) is 74.4 Å². The third-order valence-electron chi connectivity index (χ3n) is 9.83. The molecule has 1 nitrogen and oxygen atoms in total. The first-order chi connectivity index (χ1) is 23.8. The molecule has 0 N–H and O–H groups in total. The van der Waals surface area contributed by atoms with Crippen LogP contribution in [0.2, 0.25) is 0 Å². The van der Waals surface area contributed by atoms with Crippen molar-refractivity contribution >= 4 is 91.7 Å². The fourth-order valence-electron chi connectivity index (χ4n) is 7.63. The molecule has 0 bridgehead atoms. The molecule has 0 unspecified atom stereocenters. The van der Waals surface area contributed by atoms with Gasteiger partial charge < -0.3 is 4.90 Å². The van der Waals surface area contributed by atoms with E-state index in [4.69, 9.17) is 0 Å². The minimum absolute atomic E-state index is 1.15. The summed E-state index contributed by atoms with van der Waals surface area (Å²) in [6.45, 7) is 0. The van der Waals surface area contributed by atoms with Crippen molar-refractivity contribution in [2.75, 3.05) is 4.90 Å². The van der Waals surface area contributed by atoms with E-state index in [-0.39, 0.29) is 0 Å². The molecule has 48 heavy (non-hydrogen) atoms. The molecule has 9 aromatic carbocycles. The molecule has 1 heterocycles. The second-order valence-corrected chi connectivity index (χ2v) is 13.6. The summed E-state index contributed by atoms with van der Waals surface area (Å²) in [7, 11) is 0. The molecule has 0 spiro atoms. The summed E-state index contributed by atoms with van der Waals surface area (Å²) in [6.07, 6.45) is 0. The molecule has 10 aromatic rings. The van der Waals surface area contributed by atoms with E-state index < -0.39 is 0 Å². The van der Waals surface area contributed by atoms with Crippen LogP contribution in [0.1, 0.15) is 0 Å². The van der Waals surface area contributed by atoms with Gasteiger partial charge in [0.05, 0.1) is 17.1 Å². The average Bonchev–Trinajstić information content (AvgIpc) is 3.52. The summed E-state index contributed by atoms with van der Waals surface area (Å²) in [6, 6.07) is 64.6.